The van der Waals surface area contributed by atoms with Crippen LogP contribution >= 0.6 is 11.8 Å². The summed E-state index contributed by atoms with van der Waals surface area (Å²) in [6, 6.07) is 6.01. The van der Waals surface area contributed by atoms with Gasteiger partial charge in [0.15, 0.2) is 0 Å². The molecule has 3 nitrogen and oxygen atoms in total. The minimum absolute atomic E-state index is 0.818. The van der Waals surface area contributed by atoms with Gasteiger partial charge in [-0.15, -0.1) is 11.8 Å². The monoisotopic (exact) mass is 233 g/mol. The highest BCUT2D eigenvalue weighted by molar-refractivity contribution is 7.98. The van der Waals surface area contributed by atoms with Crippen LogP contribution in [-0.2, 0) is 12.8 Å². The van der Waals surface area contributed by atoms with Gasteiger partial charge in [-0.25, -0.2) is 4.98 Å². The topological polar surface area (TPSA) is 43.8 Å². The zero-order chi connectivity index (χ0) is 11.5. The number of benzene rings is 1. The number of aryl methyl sites for hydroxylation is 2. The molecule has 2 N–H and O–H groups in total. The van der Waals surface area contributed by atoms with Crippen LogP contribution in [0, 0.1) is 6.92 Å². The maximum Gasteiger partial charge on any atom is 0.118 e. The Kier molecular flexibility index (Phi) is 3.19. The third-order valence-corrected chi connectivity index (χ3v) is 3.65. The number of rotatable bonds is 3. The molecular weight excluding hydrogens is 218 g/mol. The summed E-state index contributed by atoms with van der Waals surface area (Å²) in [6.07, 6.45) is 3.79. The fourth-order valence-corrected chi connectivity index (χ4v) is 2.53. The minimum Gasteiger partial charge on any atom is -0.399 e. The van der Waals surface area contributed by atoms with Crippen LogP contribution in [0.5, 0.6) is 0 Å². The molecule has 0 bridgehead atoms. The lowest BCUT2D eigenvalue weighted by molar-refractivity contribution is 0.849. The Balaban J connectivity index is 2.08. The molecule has 0 radical (unpaired) electrons. The summed E-state index contributed by atoms with van der Waals surface area (Å²) in [4.78, 5) is 5.56. The van der Waals surface area contributed by atoms with Crippen molar-refractivity contribution in [3.8, 4) is 0 Å². The van der Waals surface area contributed by atoms with Crippen LogP contribution in [0.25, 0.3) is 0 Å². The molecule has 0 aliphatic heterocycles. The van der Waals surface area contributed by atoms with Gasteiger partial charge in [-0.2, -0.15) is 0 Å². The first-order valence-corrected chi connectivity index (χ1v) is 6.10. The van der Waals surface area contributed by atoms with Crippen LogP contribution in [0.1, 0.15) is 11.4 Å². The van der Waals surface area contributed by atoms with Gasteiger partial charge in [0, 0.05) is 30.0 Å². The van der Waals surface area contributed by atoms with E-state index in [2.05, 4.69) is 18.0 Å². The molecule has 1 aromatic carbocycles. The van der Waals surface area contributed by atoms with Gasteiger partial charge in [0.05, 0.1) is 5.75 Å². The van der Waals surface area contributed by atoms with E-state index in [-0.39, 0.29) is 0 Å². The maximum atomic E-state index is 5.72. The maximum absolute atomic E-state index is 5.72. The normalized spacial score (nSPS) is 10.6. The molecule has 0 atom stereocenters. The van der Waals surface area contributed by atoms with Gasteiger partial charge < -0.3 is 10.3 Å². The third-order valence-electron chi connectivity index (χ3n) is 2.48. The highest BCUT2D eigenvalue weighted by atomic mass is 32.2. The molecule has 0 saturated heterocycles. The number of thioether (sulfide) groups is 1. The van der Waals surface area contributed by atoms with Gasteiger partial charge in [-0.05, 0) is 30.7 Å². The van der Waals surface area contributed by atoms with Gasteiger partial charge in [-0.3, -0.25) is 0 Å². The Morgan fingerprint density at radius 2 is 2.25 bits per heavy atom. The van der Waals surface area contributed by atoms with Crippen molar-refractivity contribution >= 4 is 17.4 Å². The van der Waals surface area contributed by atoms with Gasteiger partial charge in [-0.1, -0.05) is 0 Å². The Bertz CT molecular complexity index is 491. The van der Waals surface area contributed by atoms with Crippen LogP contribution in [0.3, 0.4) is 0 Å². The Hall–Kier alpha value is -1.42. The number of hydrogen-bond donors (Lipinski definition) is 1. The Morgan fingerprint density at radius 3 is 2.88 bits per heavy atom. The number of aromatic nitrogens is 2. The minimum atomic E-state index is 0.818. The van der Waals surface area contributed by atoms with E-state index in [1.54, 1.807) is 11.8 Å². The molecule has 84 valence electrons. The van der Waals surface area contributed by atoms with Crippen molar-refractivity contribution in [1.82, 2.24) is 9.55 Å². The van der Waals surface area contributed by atoms with E-state index < -0.39 is 0 Å². The summed E-state index contributed by atoms with van der Waals surface area (Å²) in [6.45, 7) is 2.08. The second-order valence-electron chi connectivity index (χ2n) is 3.77. The largest absolute Gasteiger partial charge is 0.399 e. The van der Waals surface area contributed by atoms with Crippen molar-refractivity contribution in [2.75, 3.05) is 5.73 Å². The van der Waals surface area contributed by atoms with E-state index in [1.165, 1.54) is 10.5 Å². The number of nitrogens with zero attached hydrogens (tertiary/aromatic N) is 2. The first kappa shape index (κ1) is 11.1. The predicted octanol–water partition coefficient (Wildman–Crippen LogP) is 2.60. The van der Waals surface area contributed by atoms with E-state index in [4.69, 9.17) is 5.73 Å². The lowest BCUT2D eigenvalue weighted by Crippen LogP contribution is -1.95. The molecule has 1 aromatic heterocycles. The number of hydrogen-bond acceptors (Lipinski definition) is 3. The van der Waals surface area contributed by atoms with E-state index >= 15 is 0 Å². The first-order valence-electron chi connectivity index (χ1n) is 5.12. The van der Waals surface area contributed by atoms with Crippen molar-refractivity contribution in [3.05, 3.63) is 42.0 Å². The van der Waals surface area contributed by atoms with Crippen LogP contribution in [0.4, 0.5) is 5.69 Å². The molecule has 0 aliphatic carbocycles. The van der Waals surface area contributed by atoms with Crippen LogP contribution in [0.2, 0.25) is 0 Å². The van der Waals surface area contributed by atoms with Gasteiger partial charge >= 0.3 is 0 Å². The van der Waals surface area contributed by atoms with E-state index in [1.807, 2.05) is 36.1 Å². The fourth-order valence-electron chi connectivity index (χ4n) is 1.51. The summed E-state index contributed by atoms with van der Waals surface area (Å²) < 4.78 is 2.04. The highest BCUT2D eigenvalue weighted by Crippen LogP contribution is 2.26. The van der Waals surface area contributed by atoms with Crippen molar-refractivity contribution < 1.29 is 0 Å². The molecule has 2 rings (SSSR count). The quantitative estimate of drug-likeness (QED) is 0.654. The van der Waals surface area contributed by atoms with Crippen LogP contribution in [-0.4, -0.2) is 9.55 Å². The number of imidazole rings is 1. The summed E-state index contributed by atoms with van der Waals surface area (Å²) >= 11 is 1.79. The lowest BCUT2D eigenvalue weighted by Gasteiger charge is -2.06. The number of nitrogens with two attached hydrogens (primary N) is 1. The number of anilines is 1. The molecule has 0 unspecified atom stereocenters. The molecular formula is C12H15N3S. The number of nitrogen functional groups attached to an aromatic ring is 1. The SMILES string of the molecule is Cc1cc(N)ccc1SCc1nccn1C. The van der Waals surface area contributed by atoms with Crippen molar-refractivity contribution in [2.24, 2.45) is 7.05 Å². The van der Waals surface area contributed by atoms with Crippen molar-refractivity contribution in [3.63, 3.8) is 0 Å². The summed E-state index contributed by atoms with van der Waals surface area (Å²) in [5.41, 5.74) is 7.76. The first-order chi connectivity index (χ1) is 7.66. The summed E-state index contributed by atoms with van der Waals surface area (Å²) in [7, 11) is 2.01. The Morgan fingerprint density at radius 1 is 1.44 bits per heavy atom. The standard InChI is InChI=1S/C12H15N3S/c1-9-7-10(13)3-4-11(9)16-8-12-14-5-6-15(12)2/h3-7H,8,13H2,1-2H3. The zero-order valence-electron chi connectivity index (χ0n) is 9.47. The van der Waals surface area contributed by atoms with Crippen molar-refractivity contribution in [1.29, 1.82) is 0 Å². The van der Waals surface area contributed by atoms with Gasteiger partial charge in [0.1, 0.15) is 5.82 Å². The van der Waals surface area contributed by atoms with E-state index in [0.29, 0.717) is 0 Å². The Labute approximate surface area is 99.7 Å². The molecule has 4 heteroatoms. The van der Waals surface area contributed by atoms with Crippen LogP contribution < -0.4 is 5.73 Å². The molecule has 16 heavy (non-hydrogen) atoms. The van der Waals surface area contributed by atoms with Crippen molar-refractivity contribution in [2.45, 2.75) is 17.6 Å². The zero-order valence-corrected chi connectivity index (χ0v) is 10.3. The van der Waals surface area contributed by atoms with Gasteiger partial charge in [0.2, 0.25) is 0 Å². The van der Waals surface area contributed by atoms with Crippen LogP contribution in [0.15, 0.2) is 35.5 Å². The molecule has 0 saturated carbocycles. The second-order valence-corrected chi connectivity index (χ2v) is 4.79. The average molecular weight is 233 g/mol. The molecule has 0 amide bonds. The lowest BCUT2D eigenvalue weighted by atomic mass is 10.2. The second kappa shape index (κ2) is 4.61. The summed E-state index contributed by atoms with van der Waals surface area (Å²) in [5, 5.41) is 0. The molecule has 2 aromatic rings. The summed E-state index contributed by atoms with van der Waals surface area (Å²) in [5.74, 6) is 1.97. The fraction of sp³-hybridized carbons (Fsp3) is 0.250. The molecule has 0 aliphatic rings. The van der Waals surface area contributed by atoms with E-state index in [9.17, 15) is 0 Å². The van der Waals surface area contributed by atoms with Gasteiger partial charge in [0.25, 0.3) is 0 Å². The molecule has 1 heterocycles. The average Bonchev–Trinajstić information content (AvgIpc) is 2.63. The molecule has 0 spiro atoms. The molecule has 0 fully saturated rings. The predicted molar refractivity (Wildman–Crippen MR) is 68.4 cm³/mol. The highest BCUT2D eigenvalue weighted by Gasteiger charge is 2.03. The van der Waals surface area contributed by atoms with E-state index in [0.717, 1.165) is 17.3 Å². The smallest absolute Gasteiger partial charge is 0.118 e. The third kappa shape index (κ3) is 2.39.